The predicted octanol–water partition coefficient (Wildman–Crippen LogP) is 2.86. The van der Waals surface area contributed by atoms with Gasteiger partial charge in [0, 0.05) is 10.8 Å². The molecule has 0 aliphatic rings. The van der Waals surface area contributed by atoms with Gasteiger partial charge in [0.1, 0.15) is 5.58 Å². The van der Waals surface area contributed by atoms with E-state index in [0.717, 1.165) is 5.39 Å². The van der Waals surface area contributed by atoms with Crippen molar-refractivity contribution in [2.24, 2.45) is 0 Å². The summed E-state index contributed by atoms with van der Waals surface area (Å²) in [6.07, 6.45) is 0.0769. The third-order valence-corrected chi connectivity index (χ3v) is 3.78. The molecule has 1 N–H and O–H groups in total. The first-order chi connectivity index (χ1) is 10.7. The Hall–Kier alpha value is -2.67. The molecule has 0 aliphatic heterocycles. The Morgan fingerprint density at radius 2 is 2.18 bits per heavy atom. The first-order valence-corrected chi connectivity index (χ1v) is 7.35. The summed E-state index contributed by atoms with van der Waals surface area (Å²) in [7, 11) is 1.32. The molecule has 0 saturated heterocycles. The number of carbonyl (C=O) groups is 2. The number of hydrogen-bond acceptors (Lipinski definition) is 6. The Kier molecular flexibility index (Phi) is 3.88. The number of hydrogen-bond donors (Lipinski definition) is 1. The highest BCUT2D eigenvalue weighted by Gasteiger charge is 2.15. The molecule has 0 fully saturated rings. The largest absolute Gasteiger partial charge is 0.469 e. The number of carbonyl (C=O) groups excluding carboxylic acids is 2. The van der Waals surface area contributed by atoms with Gasteiger partial charge < -0.3 is 9.15 Å². The van der Waals surface area contributed by atoms with Gasteiger partial charge in [0.05, 0.1) is 19.2 Å². The number of para-hydroxylation sites is 1. The summed E-state index contributed by atoms with van der Waals surface area (Å²) in [5, 5.41) is 5.62. The van der Waals surface area contributed by atoms with Gasteiger partial charge in [-0.15, -0.1) is 11.3 Å². The maximum absolute atomic E-state index is 12.1. The average molecular weight is 316 g/mol. The second-order valence-electron chi connectivity index (χ2n) is 4.50. The maximum Gasteiger partial charge on any atom is 0.311 e. The second-order valence-corrected chi connectivity index (χ2v) is 5.36. The van der Waals surface area contributed by atoms with E-state index in [1.165, 1.54) is 18.4 Å². The van der Waals surface area contributed by atoms with Gasteiger partial charge in [0.25, 0.3) is 5.91 Å². The lowest BCUT2D eigenvalue weighted by atomic mass is 10.2. The summed E-state index contributed by atoms with van der Waals surface area (Å²) in [5.41, 5.74) is 1.20. The van der Waals surface area contributed by atoms with Crippen LogP contribution in [-0.2, 0) is 16.0 Å². The third kappa shape index (κ3) is 2.99. The molecule has 0 radical (unpaired) electrons. The van der Waals surface area contributed by atoms with E-state index in [2.05, 4.69) is 15.0 Å². The van der Waals surface area contributed by atoms with Crippen molar-refractivity contribution in [2.75, 3.05) is 12.4 Å². The number of esters is 1. The fourth-order valence-corrected chi connectivity index (χ4v) is 2.62. The molecule has 7 heteroatoms. The molecule has 112 valence electrons. The van der Waals surface area contributed by atoms with Gasteiger partial charge in [-0.2, -0.15) is 0 Å². The van der Waals surface area contributed by atoms with Crippen molar-refractivity contribution in [1.29, 1.82) is 0 Å². The van der Waals surface area contributed by atoms with Crippen LogP contribution in [0.1, 0.15) is 16.2 Å². The van der Waals surface area contributed by atoms with Crippen molar-refractivity contribution in [3.05, 3.63) is 47.2 Å². The first kappa shape index (κ1) is 14.3. The number of aromatic nitrogens is 1. The lowest BCUT2D eigenvalue weighted by Gasteiger charge is -1.97. The van der Waals surface area contributed by atoms with E-state index in [0.29, 0.717) is 16.4 Å². The van der Waals surface area contributed by atoms with Crippen molar-refractivity contribution < 1.29 is 18.7 Å². The van der Waals surface area contributed by atoms with Crippen LogP contribution in [0.4, 0.5) is 5.13 Å². The van der Waals surface area contributed by atoms with Gasteiger partial charge in [-0.05, 0) is 12.1 Å². The minimum absolute atomic E-state index is 0.0769. The Morgan fingerprint density at radius 1 is 1.36 bits per heavy atom. The lowest BCUT2D eigenvalue weighted by molar-refractivity contribution is -0.139. The van der Waals surface area contributed by atoms with Gasteiger partial charge in [0.15, 0.2) is 10.9 Å². The molecule has 0 saturated carbocycles. The Labute approximate surface area is 129 Å². The van der Waals surface area contributed by atoms with E-state index in [4.69, 9.17) is 4.42 Å². The van der Waals surface area contributed by atoms with Crippen molar-refractivity contribution in [3.8, 4) is 0 Å². The van der Waals surface area contributed by atoms with Crippen molar-refractivity contribution in [1.82, 2.24) is 4.98 Å². The highest BCUT2D eigenvalue weighted by molar-refractivity contribution is 7.14. The minimum Gasteiger partial charge on any atom is -0.469 e. The molecule has 3 aromatic rings. The predicted molar refractivity (Wildman–Crippen MR) is 82.0 cm³/mol. The van der Waals surface area contributed by atoms with E-state index >= 15 is 0 Å². The van der Waals surface area contributed by atoms with E-state index in [1.54, 1.807) is 17.5 Å². The van der Waals surface area contributed by atoms with E-state index < -0.39 is 0 Å². The molecule has 1 aromatic carbocycles. The monoisotopic (exact) mass is 316 g/mol. The molecule has 0 bridgehead atoms. The molecule has 3 rings (SSSR count). The van der Waals surface area contributed by atoms with Gasteiger partial charge in [-0.3, -0.25) is 14.9 Å². The van der Waals surface area contributed by atoms with Crippen LogP contribution >= 0.6 is 11.3 Å². The summed E-state index contributed by atoms with van der Waals surface area (Å²) in [6.45, 7) is 0. The zero-order chi connectivity index (χ0) is 15.5. The number of amides is 1. The average Bonchev–Trinajstić information content (AvgIpc) is 3.13. The smallest absolute Gasteiger partial charge is 0.311 e. The standard InChI is InChI=1S/C15H12N2O4S/c1-20-13(18)7-10-8-22-15(16-10)17-14(19)12-6-9-4-2-3-5-11(9)21-12/h2-6,8H,7H2,1H3,(H,16,17,19). The Balaban J connectivity index is 1.72. The molecule has 22 heavy (non-hydrogen) atoms. The summed E-state index contributed by atoms with van der Waals surface area (Å²) in [6, 6.07) is 9.05. The van der Waals surface area contributed by atoms with Crippen molar-refractivity contribution in [3.63, 3.8) is 0 Å². The van der Waals surface area contributed by atoms with Gasteiger partial charge in [-0.1, -0.05) is 18.2 Å². The molecule has 0 spiro atoms. The number of rotatable bonds is 4. The fourth-order valence-electron chi connectivity index (χ4n) is 1.92. The number of anilines is 1. The van der Waals surface area contributed by atoms with Gasteiger partial charge >= 0.3 is 5.97 Å². The molecular weight excluding hydrogens is 304 g/mol. The van der Waals surface area contributed by atoms with Crippen molar-refractivity contribution in [2.45, 2.75) is 6.42 Å². The number of thiazole rings is 1. The maximum atomic E-state index is 12.1. The van der Waals surface area contributed by atoms with Crippen LogP contribution in [0, 0.1) is 0 Å². The normalized spacial score (nSPS) is 10.6. The number of benzene rings is 1. The van der Waals surface area contributed by atoms with Gasteiger partial charge in [-0.25, -0.2) is 4.98 Å². The quantitative estimate of drug-likeness (QED) is 0.748. The summed E-state index contributed by atoms with van der Waals surface area (Å²) < 4.78 is 10.1. The highest BCUT2D eigenvalue weighted by Crippen LogP contribution is 2.21. The van der Waals surface area contributed by atoms with Crippen LogP contribution in [0.3, 0.4) is 0 Å². The van der Waals surface area contributed by atoms with E-state index in [-0.39, 0.29) is 24.1 Å². The SMILES string of the molecule is COC(=O)Cc1csc(NC(=O)c2cc3ccccc3o2)n1. The number of fused-ring (bicyclic) bond motifs is 1. The van der Waals surface area contributed by atoms with Crippen LogP contribution < -0.4 is 5.32 Å². The minimum atomic E-state index is -0.379. The number of nitrogens with one attached hydrogen (secondary N) is 1. The molecule has 0 aliphatic carbocycles. The van der Waals surface area contributed by atoms with Gasteiger partial charge in [0.2, 0.25) is 0 Å². The molecule has 0 atom stereocenters. The highest BCUT2D eigenvalue weighted by atomic mass is 32.1. The van der Waals surface area contributed by atoms with Crippen LogP contribution in [0.5, 0.6) is 0 Å². The molecule has 0 unspecified atom stereocenters. The number of nitrogens with zero attached hydrogens (tertiary/aromatic N) is 1. The topological polar surface area (TPSA) is 81.4 Å². The molecule has 2 heterocycles. The first-order valence-electron chi connectivity index (χ1n) is 6.47. The second kappa shape index (κ2) is 5.98. The molecule has 1 amide bonds. The zero-order valence-electron chi connectivity index (χ0n) is 11.7. The Bertz CT molecular complexity index is 804. The number of methoxy groups -OCH3 is 1. The number of ether oxygens (including phenoxy) is 1. The Morgan fingerprint density at radius 3 is 2.95 bits per heavy atom. The lowest BCUT2D eigenvalue weighted by Crippen LogP contribution is -2.11. The van der Waals surface area contributed by atoms with Crippen LogP contribution in [-0.4, -0.2) is 24.0 Å². The third-order valence-electron chi connectivity index (χ3n) is 2.97. The molecule has 2 aromatic heterocycles. The van der Waals surface area contributed by atoms with Crippen LogP contribution in [0.15, 0.2) is 40.1 Å². The van der Waals surface area contributed by atoms with Crippen LogP contribution in [0.2, 0.25) is 0 Å². The summed E-state index contributed by atoms with van der Waals surface area (Å²) in [4.78, 5) is 27.5. The van der Waals surface area contributed by atoms with Crippen molar-refractivity contribution >= 4 is 39.3 Å². The molecule has 6 nitrogen and oxygen atoms in total. The number of furan rings is 1. The van der Waals surface area contributed by atoms with Crippen LogP contribution in [0.25, 0.3) is 11.0 Å². The zero-order valence-corrected chi connectivity index (χ0v) is 12.5. The summed E-state index contributed by atoms with van der Waals surface area (Å²) >= 11 is 1.24. The summed E-state index contributed by atoms with van der Waals surface area (Å²) in [5.74, 6) is -0.540. The molecular formula is C15H12N2O4S. The van der Waals surface area contributed by atoms with E-state index in [1.807, 2.05) is 18.2 Å². The fraction of sp³-hybridized carbons (Fsp3) is 0.133. The van der Waals surface area contributed by atoms with E-state index in [9.17, 15) is 9.59 Å².